The Kier molecular flexibility index (Phi) is 7.29. The third-order valence-corrected chi connectivity index (χ3v) is 1.41. The first-order chi connectivity index (χ1) is 3.56. The zero-order valence-corrected chi connectivity index (χ0v) is 7.78. The minimum atomic E-state index is -3.77. The van der Waals surface area contributed by atoms with Crippen molar-refractivity contribution in [2.24, 2.45) is 5.73 Å². The number of nitrogens with two attached hydrogens (primary N) is 1. The van der Waals surface area contributed by atoms with E-state index in [-0.39, 0.29) is 26.8 Å². The molecule has 0 aromatic heterocycles. The molecule has 3 N–H and O–H groups in total. The molecular formula is C3H9NO3PtS. The van der Waals surface area contributed by atoms with E-state index in [0.29, 0.717) is 13.0 Å². The fourth-order valence-corrected chi connectivity index (χ4v) is 0.797. The smallest absolute Gasteiger partial charge is 0.264 e. The molecular weight excluding hydrogens is 325 g/mol. The normalized spacial score (nSPS) is 10.4. The van der Waals surface area contributed by atoms with Crippen molar-refractivity contribution in [1.82, 2.24) is 0 Å². The van der Waals surface area contributed by atoms with Crippen LogP contribution in [0.5, 0.6) is 0 Å². The van der Waals surface area contributed by atoms with Crippen LogP contribution in [0.3, 0.4) is 0 Å². The van der Waals surface area contributed by atoms with Gasteiger partial charge in [0.1, 0.15) is 0 Å². The summed E-state index contributed by atoms with van der Waals surface area (Å²) in [7, 11) is -3.77. The van der Waals surface area contributed by atoms with Gasteiger partial charge in [-0.05, 0) is 13.0 Å². The van der Waals surface area contributed by atoms with Gasteiger partial charge in [0.15, 0.2) is 0 Å². The topological polar surface area (TPSA) is 80.4 Å². The summed E-state index contributed by atoms with van der Waals surface area (Å²) in [6.07, 6.45) is 0.318. The molecule has 0 bridgehead atoms. The first-order valence-electron chi connectivity index (χ1n) is 2.21. The van der Waals surface area contributed by atoms with E-state index in [9.17, 15) is 8.42 Å². The zero-order chi connectivity index (χ0) is 6.62. The molecule has 60 valence electrons. The fraction of sp³-hybridized carbons (Fsp3) is 1.00. The first-order valence-corrected chi connectivity index (χ1v) is 3.82. The predicted octanol–water partition coefficient (Wildman–Crippen LogP) is -0.779. The quantitative estimate of drug-likeness (QED) is 0.664. The molecule has 0 rings (SSSR count). The molecule has 0 fully saturated rings. The number of rotatable bonds is 3. The van der Waals surface area contributed by atoms with Crippen LogP contribution in [0.4, 0.5) is 0 Å². The van der Waals surface area contributed by atoms with Gasteiger partial charge in [0, 0.05) is 21.1 Å². The predicted molar refractivity (Wildman–Crippen MR) is 30.1 cm³/mol. The van der Waals surface area contributed by atoms with Gasteiger partial charge in [-0.3, -0.25) is 4.55 Å². The number of hydrogen-bond donors (Lipinski definition) is 2. The van der Waals surface area contributed by atoms with Crippen LogP contribution < -0.4 is 5.73 Å². The van der Waals surface area contributed by atoms with Crippen LogP contribution in [0, 0.1) is 0 Å². The summed E-state index contributed by atoms with van der Waals surface area (Å²) in [5.74, 6) is -0.233. The Hall–Kier alpha value is 0.558. The summed E-state index contributed by atoms with van der Waals surface area (Å²) >= 11 is 0. The molecule has 0 unspecified atom stereocenters. The molecule has 0 radical (unpaired) electrons. The molecule has 0 aliphatic rings. The van der Waals surface area contributed by atoms with Gasteiger partial charge in [-0.25, -0.2) is 0 Å². The SMILES string of the molecule is NCCCS(=O)(=O)O.[Pt]. The van der Waals surface area contributed by atoms with Gasteiger partial charge >= 0.3 is 0 Å². The third-order valence-electron chi connectivity index (χ3n) is 0.606. The molecule has 9 heavy (non-hydrogen) atoms. The Balaban J connectivity index is 0. The van der Waals surface area contributed by atoms with Gasteiger partial charge < -0.3 is 5.73 Å². The van der Waals surface area contributed by atoms with Gasteiger partial charge in [-0.2, -0.15) is 8.42 Å². The summed E-state index contributed by atoms with van der Waals surface area (Å²) in [6.45, 7) is 0.291. The van der Waals surface area contributed by atoms with E-state index in [1.54, 1.807) is 0 Å². The van der Waals surface area contributed by atoms with Crippen molar-refractivity contribution in [3.05, 3.63) is 0 Å². The molecule has 6 heteroatoms. The minimum Gasteiger partial charge on any atom is -0.330 e. The standard InChI is InChI=1S/C3H9NO3S.Pt/c4-2-1-3-8(5,6)7;/h1-4H2,(H,5,6,7);. The molecule has 0 spiro atoms. The van der Waals surface area contributed by atoms with Crippen molar-refractivity contribution < 1.29 is 34.0 Å². The molecule has 0 aliphatic heterocycles. The summed E-state index contributed by atoms with van der Waals surface area (Å²) in [5.41, 5.74) is 4.96. The second-order valence-corrected chi connectivity index (χ2v) is 3.00. The first kappa shape index (κ1) is 12.3. The van der Waals surface area contributed by atoms with Gasteiger partial charge in [0.2, 0.25) is 0 Å². The number of hydrogen-bond acceptors (Lipinski definition) is 3. The Labute approximate surface area is 68.8 Å². The van der Waals surface area contributed by atoms with E-state index in [4.69, 9.17) is 10.3 Å². The maximum Gasteiger partial charge on any atom is 0.264 e. The Bertz CT molecular complexity index is 143. The molecule has 0 heterocycles. The van der Waals surface area contributed by atoms with Gasteiger partial charge in [-0.1, -0.05) is 0 Å². The zero-order valence-electron chi connectivity index (χ0n) is 4.69. The van der Waals surface area contributed by atoms with Gasteiger partial charge in [-0.15, -0.1) is 0 Å². The Morgan fingerprint density at radius 1 is 1.44 bits per heavy atom. The summed E-state index contributed by atoms with van der Waals surface area (Å²) < 4.78 is 27.8. The fourth-order valence-electron chi connectivity index (χ4n) is 0.266. The molecule has 0 aliphatic carbocycles. The van der Waals surface area contributed by atoms with Crippen LogP contribution in [0.25, 0.3) is 0 Å². The average Bonchev–Trinajstić information content (AvgIpc) is 1.59. The van der Waals surface area contributed by atoms with Crippen LogP contribution in [0.1, 0.15) is 6.42 Å². The van der Waals surface area contributed by atoms with Crippen molar-refractivity contribution in [3.8, 4) is 0 Å². The van der Waals surface area contributed by atoms with Crippen molar-refractivity contribution in [2.45, 2.75) is 6.42 Å². The van der Waals surface area contributed by atoms with Crippen LogP contribution in [-0.2, 0) is 31.2 Å². The Morgan fingerprint density at radius 2 is 1.89 bits per heavy atom. The van der Waals surface area contributed by atoms with Crippen LogP contribution in [0.2, 0.25) is 0 Å². The van der Waals surface area contributed by atoms with Crippen molar-refractivity contribution in [1.29, 1.82) is 0 Å². The van der Waals surface area contributed by atoms with E-state index < -0.39 is 10.1 Å². The molecule has 4 nitrogen and oxygen atoms in total. The molecule has 0 aromatic rings. The molecule has 0 amide bonds. The van der Waals surface area contributed by atoms with E-state index in [1.165, 1.54) is 0 Å². The van der Waals surface area contributed by atoms with Crippen molar-refractivity contribution in [3.63, 3.8) is 0 Å². The summed E-state index contributed by atoms with van der Waals surface area (Å²) in [5, 5.41) is 0. The van der Waals surface area contributed by atoms with Gasteiger partial charge in [0.05, 0.1) is 5.75 Å². The average molecular weight is 334 g/mol. The van der Waals surface area contributed by atoms with E-state index in [0.717, 1.165) is 0 Å². The maximum absolute atomic E-state index is 9.89. The summed E-state index contributed by atoms with van der Waals surface area (Å²) in [4.78, 5) is 0. The second-order valence-electron chi connectivity index (χ2n) is 1.43. The largest absolute Gasteiger partial charge is 0.330 e. The second kappa shape index (κ2) is 5.35. The molecule has 0 saturated heterocycles. The van der Waals surface area contributed by atoms with Gasteiger partial charge in [0.25, 0.3) is 10.1 Å². The molecule has 0 aromatic carbocycles. The van der Waals surface area contributed by atoms with E-state index in [1.807, 2.05) is 0 Å². The van der Waals surface area contributed by atoms with E-state index in [2.05, 4.69) is 0 Å². The van der Waals surface area contributed by atoms with E-state index >= 15 is 0 Å². The van der Waals surface area contributed by atoms with Crippen molar-refractivity contribution in [2.75, 3.05) is 12.3 Å². The van der Waals surface area contributed by atoms with Crippen LogP contribution >= 0.6 is 0 Å². The summed E-state index contributed by atoms with van der Waals surface area (Å²) in [6, 6.07) is 0. The molecule has 0 saturated carbocycles. The maximum atomic E-state index is 9.89. The van der Waals surface area contributed by atoms with Crippen LogP contribution in [-0.4, -0.2) is 25.3 Å². The Morgan fingerprint density at radius 3 is 2.00 bits per heavy atom. The third kappa shape index (κ3) is 11.9. The molecule has 0 atom stereocenters. The monoisotopic (exact) mass is 334 g/mol. The minimum absolute atomic E-state index is 0. The van der Waals surface area contributed by atoms with Crippen molar-refractivity contribution >= 4 is 10.1 Å². The van der Waals surface area contributed by atoms with Crippen LogP contribution in [0.15, 0.2) is 0 Å².